The third-order valence-corrected chi connectivity index (χ3v) is 14.1. The van der Waals surface area contributed by atoms with Crippen LogP contribution in [0.2, 0.25) is 0 Å². The van der Waals surface area contributed by atoms with E-state index in [0.717, 1.165) is 14.7 Å². The summed E-state index contributed by atoms with van der Waals surface area (Å²) in [6, 6.07) is 0. The molecule has 70 heavy (non-hydrogen) atoms. The van der Waals surface area contributed by atoms with Crippen LogP contribution in [0.5, 0.6) is 0 Å². The van der Waals surface area contributed by atoms with E-state index in [0.29, 0.717) is 14.7 Å². The lowest BCUT2D eigenvalue weighted by Crippen LogP contribution is -2.48. The molecule has 0 aromatic rings. The third-order valence-electron chi connectivity index (χ3n) is 7.45. The highest BCUT2D eigenvalue weighted by molar-refractivity contribution is 7.54. The normalized spacial score (nSPS) is 13.6. The molecular weight excluding hydrogens is 1130 g/mol. The van der Waals surface area contributed by atoms with Gasteiger partial charge in [0.25, 0.3) is 0 Å². The molecule has 20 N–H and O–H groups in total. The minimum atomic E-state index is -4.94. The van der Waals surface area contributed by atoms with Crippen LogP contribution in [0.3, 0.4) is 0 Å². The van der Waals surface area contributed by atoms with Gasteiger partial charge in [-0.1, -0.05) is 6.92 Å². The maximum absolute atomic E-state index is 11.3. The Morgan fingerprint density at radius 2 is 0.643 bits per heavy atom. The quantitative estimate of drug-likeness (QED) is 0.0212. The summed E-state index contributed by atoms with van der Waals surface area (Å²) in [4.78, 5) is 182. The number of aliphatic carboxylic acids is 4. The Kier molecular flexibility index (Phi) is 32.9. The lowest BCUT2D eigenvalue weighted by molar-refractivity contribution is -0.143. The summed E-state index contributed by atoms with van der Waals surface area (Å²) in [7, 11) is -36.2. The second-order valence-electron chi connectivity index (χ2n) is 15.0. The van der Waals surface area contributed by atoms with Crippen molar-refractivity contribution in [3.63, 3.8) is 0 Å². The monoisotopic (exact) mass is 1190 g/mol. The molecule has 0 saturated carbocycles. The average molecular weight is 1190 g/mol. The van der Waals surface area contributed by atoms with Crippen molar-refractivity contribution in [2.45, 2.75) is 13.3 Å². The molecule has 0 rings (SSSR count). The van der Waals surface area contributed by atoms with Crippen molar-refractivity contribution in [3.05, 3.63) is 0 Å². The Hall–Kier alpha value is -1.29. The Balaban J connectivity index is -0.00000101. The highest BCUT2D eigenvalue weighted by Crippen LogP contribution is 2.50. The van der Waals surface area contributed by atoms with Crippen LogP contribution in [0, 0.1) is 5.41 Å². The van der Waals surface area contributed by atoms with E-state index in [1.165, 1.54) is 6.92 Å². The second kappa shape index (κ2) is 31.6. The second-order valence-corrected chi connectivity index (χ2v) is 27.3. The molecule has 46 heteroatoms. The van der Waals surface area contributed by atoms with Gasteiger partial charge in [0, 0.05) is 12.0 Å². The molecule has 416 valence electrons. The van der Waals surface area contributed by atoms with E-state index in [4.69, 9.17) is 98.9 Å². The highest BCUT2D eigenvalue weighted by Gasteiger charge is 2.40. The van der Waals surface area contributed by atoms with Gasteiger partial charge in [0.05, 0.1) is 65.2 Å². The van der Waals surface area contributed by atoms with E-state index in [1.807, 2.05) is 0 Å². The zero-order valence-electron chi connectivity index (χ0n) is 36.3. The van der Waals surface area contributed by atoms with Gasteiger partial charge in [-0.05, 0) is 11.0 Å². The van der Waals surface area contributed by atoms with Crippen LogP contribution in [0.25, 0.3) is 0 Å². The first-order valence-corrected chi connectivity index (χ1v) is 32.2. The van der Waals surface area contributed by atoms with Crippen molar-refractivity contribution in [3.8, 4) is 0 Å². The van der Waals surface area contributed by atoms with Crippen LogP contribution in [0.1, 0.15) is 13.3 Å². The van der Waals surface area contributed by atoms with Crippen LogP contribution >= 0.6 is 61.2 Å². The zero-order valence-corrected chi connectivity index (χ0v) is 43.5. The predicted molar refractivity (Wildman–Crippen MR) is 233 cm³/mol. The smallest absolute Gasteiger partial charge is 0.480 e. The van der Waals surface area contributed by atoms with Gasteiger partial charge in [-0.15, -0.1) is 0 Å². The molecule has 0 spiro atoms. The molecule has 1 unspecified atom stereocenters. The number of carboxylic acid groups (broad SMARTS) is 4. The molecule has 0 aromatic heterocycles. The topological polar surface area (TPSA) is 629 Å². The van der Waals surface area contributed by atoms with E-state index in [-0.39, 0.29) is 6.42 Å². The first-order chi connectivity index (χ1) is 31.0. The lowest BCUT2D eigenvalue weighted by Gasteiger charge is -2.34. The largest absolute Gasteiger partial charge is 0.521 e. The summed E-state index contributed by atoms with van der Waals surface area (Å²) >= 11 is 0. The SMILES string of the molecule is CCC(CO)(CP(=O)(O)O)CP(=O)(O)O.O=C(O)CN(CC(=O)O)CN(CN(CC(=O)O)CC(=O)O)C[P+](=O)O.O=P(O)(O)CN(CN(CP(=O)(O)O)CP(=O)(O)O)CN(CP(=O)(O)O)CP(=O)(O)O. The maximum atomic E-state index is 11.3. The van der Waals surface area contributed by atoms with E-state index in [9.17, 15) is 55.7 Å². The van der Waals surface area contributed by atoms with Crippen molar-refractivity contribution in [2.24, 2.45) is 5.41 Å². The van der Waals surface area contributed by atoms with Crippen LogP contribution < -0.4 is 0 Å². The first-order valence-electron chi connectivity index (χ1n) is 18.2. The number of hydrogen-bond donors (Lipinski definition) is 20. The fraction of sp³-hybridized carbons (Fsp3) is 0.833. The van der Waals surface area contributed by atoms with Crippen LogP contribution in [0.4, 0.5) is 0 Å². The van der Waals surface area contributed by atoms with Crippen molar-refractivity contribution >= 4 is 85.1 Å². The summed E-state index contributed by atoms with van der Waals surface area (Å²) in [5.41, 5.74) is -1.42. The van der Waals surface area contributed by atoms with Crippen molar-refractivity contribution in [1.29, 1.82) is 0 Å². The molecule has 0 saturated heterocycles. The number of carbonyl (C=O) groups is 4. The van der Waals surface area contributed by atoms with E-state index in [1.54, 1.807) is 0 Å². The average Bonchev–Trinajstić information content (AvgIpc) is 3.01. The fourth-order valence-electron chi connectivity index (χ4n) is 5.58. The molecule has 0 fully saturated rings. The molecule has 0 aliphatic heterocycles. The standard InChI is InChI=1S/C11H18N3O10P.C7H24N3O15P5.C6H16O7P2/c15-8(16)1-12(2-9(17)18)5-14(7-25(23)24)6-13(3-10(19)20)4-11(21)22;11-26(12,13)3-8(1-9(4-27(14,15)16)5-28(17,18)19)2-10(6-29(20,21)22)7-30(23,24)25;1-2-6(3-7,4-14(8,9)10)5-15(11,12)13/h1-7H2,(H4-,15,16,17,18,19,20,21,22,23,24);1-7H2,(H2,11,12,13)(H2,14,15,16)(H2,17,18,19)(H2,20,21,22)(H2,23,24,25);7H,2-5H2,1H3,(H2,8,9,10)(H2,11,12,13)/p+1. The number of carboxylic acids is 4. The number of hydrogen-bond acceptors (Lipinski definition) is 19. The van der Waals surface area contributed by atoms with Crippen molar-refractivity contribution < 1.29 is 155 Å². The van der Waals surface area contributed by atoms with Gasteiger partial charge in [0.2, 0.25) is 6.29 Å². The molecule has 0 amide bonds. The predicted octanol–water partition coefficient (Wildman–Crippen LogP) is -4.95. The van der Waals surface area contributed by atoms with Crippen LogP contribution in [0.15, 0.2) is 0 Å². The Labute approximate surface area is 396 Å². The summed E-state index contributed by atoms with van der Waals surface area (Å²) < 4.78 is 88.8. The molecule has 0 aliphatic carbocycles. The number of rotatable bonds is 34. The molecule has 0 aromatic carbocycles. The Bertz CT molecular complexity index is 1840. The van der Waals surface area contributed by atoms with Crippen molar-refractivity contribution in [1.82, 2.24) is 29.4 Å². The summed E-state index contributed by atoms with van der Waals surface area (Å²) in [6.07, 6.45) is -8.15. The summed E-state index contributed by atoms with van der Waals surface area (Å²) in [5, 5.41) is 44.2. The fourth-order valence-corrected chi connectivity index (χ4v) is 12.8. The molecule has 0 bridgehead atoms. The maximum Gasteiger partial charge on any atom is 0.521 e. The lowest BCUT2D eigenvalue weighted by atomic mass is 9.91. The first kappa shape index (κ1) is 73.0. The zero-order chi connectivity index (χ0) is 56.1. The Morgan fingerprint density at radius 1 is 0.414 bits per heavy atom. The molecule has 0 radical (unpaired) electrons. The van der Waals surface area contributed by atoms with Gasteiger partial charge in [0.1, 0.15) is 31.4 Å². The van der Waals surface area contributed by atoms with E-state index < -0.39 is 200 Å². The third kappa shape index (κ3) is 47.7. The van der Waals surface area contributed by atoms with Gasteiger partial charge in [-0.2, -0.15) is 4.89 Å². The highest BCUT2D eigenvalue weighted by atomic mass is 31.2. The molecule has 0 aliphatic rings. The number of aliphatic hydroxyl groups is 1. The van der Waals surface area contributed by atoms with Gasteiger partial charge >= 0.3 is 85.1 Å². The van der Waals surface area contributed by atoms with Gasteiger partial charge < -0.3 is 94.0 Å². The number of nitrogens with zero attached hydrogens (tertiary/aromatic N) is 6. The minimum absolute atomic E-state index is 0.0831. The molecule has 38 nitrogen and oxygen atoms in total. The summed E-state index contributed by atoms with van der Waals surface area (Å²) in [5.74, 6) is -5.32. The minimum Gasteiger partial charge on any atom is -0.480 e. The Morgan fingerprint density at radius 3 is 0.814 bits per heavy atom. The molecule has 1 atom stereocenters. The van der Waals surface area contributed by atoms with E-state index >= 15 is 0 Å². The van der Waals surface area contributed by atoms with E-state index in [2.05, 4.69) is 0 Å². The van der Waals surface area contributed by atoms with Crippen LogP contribution in [-0.4, -0.2) is 262 Å². The molecular formula is C24H59N6O32P8+. The van der Waals surface area contributed by atoms with Gasteiger partial charge in [-0.3, -0.25) is 75.6 Å². The van der Waals surface area contributed by atoms with Crippen LogP contribution in [-0.2, 0) is 55.7 Å². The van der Waals surface area contributed by atoms with Crippen molar-refractivity contribution in [2.75, 3.05) is 109 Å². The molecule has 0 heterocycles. The number of aliphatic hydroxyl groups excluding tert-OH is 1. The summed E-state index contributed by atoms with van der Waals surface area (Å²) in [6.45, 7) is -4.54. The van der Waals surface area contributed by atoms with Gasteiger partial charge in [-0.25, -0.2) is 4.90 Å². The van der Waals surface area contributed by atoms with Gasteiger partial charge in [0.15, 0.2) is 0 Å².